The lowest BCUT2D eigenvalue weighted by Crippen LogP contribution is -2.38. The van der Waals surface area contributed by atoms with E-state index in [9.17, 15) is 9.18 Å². The van der Waals surface area contributed by atoms with Gasteiger partial charge >= 0.3 is 0 Å². The first-order valence-corrected chi connectivity index (χ1v) is 10.1. The van der Waals surface area contributed by atoms with Crippen molar-refractivity contribution in [2.75, 3.05) is 13.2 Å². The first kappa shape index (κ1) is 20.2. The molecule has 0 saturated carbocycles. The highest BCUT2D eigenvalue weighted by Gasteiger charge is 2.39. The fourth-order valence-electron chi connectivity index (χ4n) is 3.80. The van der Waals surface area contributed by atoms with E-state index in [1.54, 1.807) is 12.1 Å². The molecule has 2 heterocycles. The fraction of sp³-hybridized carbons (Fsp3) is 0.280. The van der Waals surface area contributed by atoms with Gasteiger partial charge in [0.15, 0.2) is 5.78 Å². The molecule has 3 aromatic rings. The number of rotatable bonds is 6. The van der Waals surface area contributed by atoms with Gasteiger partial charge in [-0.3, -0.25) is 4.79 Å². The van der Waals surface area contributed by atoms with Crippen LogP contribution in [-0.2, 0) is 5.41 Å². The number of aromatic nitrogens is 1. The summed E-state index contributed by atoms with van der Waals surface area (Å²) >= 11 is 0. The summed E-state index contributed by atoms with van der Waals surface area (Å²) < 4.78 is 19.5. The second-order valence-electron chi connectivity index (χ2n) is 8.16. The van der Waals surface area contributed by atoms with Crippen molar-refractivity contribution in [1.82, 2.24) is 10.3 Å². The van der Waals surface area contributed by atoms with E-state index < -0.39 is 0 Å². The number of Topliss-reactive ketones (excluding diaryl/α,β-unsaturated/α-hetero) is 1. The molecule has 0 radical (unpaired) electrons. The number of pyridine rings is 1. The molecule has 1 aromatic heterocycles. The Balaban J connectivity index is 1.68. The van der Waals surface area contributed by atoms with E-state index in [-0.39, 0.29) is 23.1 Å². The number of fused-ring (bicyclic) bond motifs is 1. The molecule has 2 aromatic carbocycles. The van der Waals surface area contributed by atoms with Crippen LogP contribution in [0.5, 0.6) is 5.75 Å². The molecule has 0 aliphatic carbocycles. The second kappa shape index (κ2) is 8.00. The summed E-state index contributed by atoms with van der Waals surface area (Å²) in [5.74, 6) is 0.243. The molecule has 0 unspecified atom stereocenters. The molecule has 0 fully saturated rings. The van der Waals surface area contributed by atoms with Crippen molar-refractivity contribution in [3.8, 4) is 17.0 Å². The third-order valence-corrected chi connectivity index (χ3v) is 5.73. The summed E-state index contributed by atoms with van der Waals surface area (Å²) in [5.41, 5.74) is 3.55. The standard InChI is InChI=1S/C25H25FN2O2/c1-16(18-7-5-4-6-8-18)27-14-25(3)15-30-24-21(25)13-22(17(2)29)28-23(24)19-9-11-20(26)12-10-19/h4-13,16,27H,14-15H2,1-3H3/t16-,25+/m0/s1. The number of ether oxygens (including phenoxy) is 1. The maximum atomic E-state index is 13.4. The Hall–Kier alpha value is -3.05. The van der Waals surface area contributed by atoms with Crippen LogP contribution in [0.3, 0.4) is 0 Å². The zero-order chi connectivity index (χ0) is 21.3. The van der Waals surface area contributed by atoms with Gasteiger partial charge < -0.3 is 10.1 Å². The predicted octanol–water partition coefficient (Wildman–Crippen LogP) is 5.09. The summed E-state index contributed by atoms with van der Waals surface area (Å²) in [7, 11) is 0. The topological polar surface area (TPSA) is 51.2 Å². The molecule has 1 aliphatic rings. The highest BCUT2D eigenvalue weighted by molar-refractivity contribution is 5.93. The summed E-state index contributed by atoms with van der Waals surface area (Å²) in [4.78, 5) is 16.7. The quantitative estimate of drug-likeness (QED) is 0.582. The average Bonchev–Trinajstić information content (AvgIpc) is 3.10. The van der Waals surface area contributed by atoms with Gasteiger partial charge in [-0.05, 0) is 42.8 Å². The molecule has 0 saturated heterocycles. The van der Waals surface area contributed by atoms with Crippen LogP contribution in [0.4, 0.5) is 4.39 Å². The predicted molar refractivity (Wildman–Crippen MR) is 115 cm³/mol. The van der Waals surface area contributed by atoms with Crippen LogP contribution < -0.4 is 10.1 Å². The van der Waals surface area contributed by atoms with Crippen molar-refractivity contribution < 1.29 is 13.9 Å². The Morgan fingerprint density at radius 3 is 2.57 bits per heavy atom. The molecular weight excluding hydrogens is 379 g/mol. The Morgan fingerprint density at radius 1 is 1.20 bits per heavy atom. The third-order valence-electron chi connectivity index (χ3n) is 5.73. The summed E-state index contributed by atoms with van der Waals surface area (Å²) in [5, 5.41) is 3.60. The zero-order valence-electron chi connectivity index (χ0n) is 17.4. The molecule has 30 heavy (non-hydrogen) atoms. The van der Waals surface area contributed by atoms with Gasteiger partial charge in [0.1, 0.15) is 23.0 Å². The van der Waals surface area contributed by atoms with E-state index in [1.165, 1.54) is 24.6 Å². The number of hydrogen-bond donors (Lipinski definition) is 1. The Bertz CT molecular complexity index is 1070. The summed E-state index contributed by atoms with van der Waals surface area (Å²) in [6.45, 7) is 6.93. The molecular formula is C25H25FN2O2. The van der Waals surface area contributed by atoms with Crippen LogP contribution in [0.1, 0.15) is 48.4 Å². The first-order valence-electron chi connectivity index (χ1n) is 10.1. The Labute approximate surface area is 176 Å². The van der Waals surface area contributed by atoms with Gasteiger partial charge in [-0.15, -0.1) is 0 Å². The third kappa shape index (κ3) is 3.85. The van der Waals surface area contributed by atoms with Gasteiger partial charge in [0.2, 0.25) is 0 Å². The van der Waals surface area contributed by atoms with Crippen LogP contribution in [0.25, 0.3) is 11.3 Å². The lowest BCUT2D eigenvalue weighted by atomic mass is 9.83. The van der Waals surface area contributed by atoms with Crippen molar-refractivity contribution in [3.05, 3.63) is 83.3 Å². The van der Waals surface area contributed by atoms with Gasteiger partial charge in [-0.25, -0.2) is 9.37 Å². The lowest BCUT2D eigenvalue weighted by molar-refractivity contribution is 0.101. The average molecular weight is 404 g/mol. The monoisotopic (exact) mass is 404 g/mol. The van der Waals surface area contributed by atoms with E-state index in [0.717, 1.165) is 11.1 Å². The van der Waals surface area contributed by atoms with Gasteiger partial charge in [0.05, 0.1) is 6.61 Å². The molecule has 5 heteroatoms. The molecule has 2 atom stereocenters. The maximum absolute atomic E-state index is 13.4. The van der Waals surface area contributed by atoms with Crippen molar-refractivity contribution >= 4 is 5.78 Å². The number of halogens is 1. The van der Waals surface area contributed by atoms with Gasteiger partial charge in [0.25, 0.3) is 0 Å². The van der Waals surface area contributed by atoms with Crippen LogP contribution in [0.2, 0.25) is 0 Å². The number of nitrogens with one attached hydrogen (secondary N) is 1. The van der Waals surface area contributed by atoms with Gasteiger partial charge in [-0.2, -0.15) is 0 Å². The molecule has 154 valence electrons. The lowest BCUT2D eigenvalue weighted by Gasteiger charge is -2.26. The van der Waals surface area contributed by atoms with Crippen molar-refractivity contribution in [1.29, 1.82) is 0 Å². The van der Waals surface area contributed by atoms with E-state index >= 15 is 0 Å². The molecule has 1 N–H and O–H groups in total. The number of nitrogens with zero attached hydrogens (tertiary/aromatic N) is 1. The smallest absolute Gasteiger partial charge is 0.178 e. The van der Waals surface area contributed by atoms with E-state index in [0.29, 0.717) is 30.3 Å². The summed E-state index contributed by atoms with van der Waals surface area (Å²) in [6, 6.07) is 18.4. The molecule has 4 rings (SSSR count). The highest BCUT2D eigenvalue weighted by Crippen LogP contribution is 2.44. The first-order chi connectivity index (χ1) is 14.4. The van der Waals surface area contributed by atoms with Crippen LogP contribution >= 0.6 is 0 Å². The van der Waals surface area contributed by atoms with E-state index in [1.807, 2.05) is 24.3 Å². The minimum absolute atomic E-state index is 0.110. The minimum Gasteiger partial charge on any atom is -0.490 e. The number of benzene rings is 2. The normalized spacial score (nSPS) is 18.5. The SMILES string of the molecule is CC(=O)c1cc2c(c(-c3ccc(F)cc3)n1)OC[C@@]2(C)CN[C@@H](C)c1ccccc1. The molecule has 1 aliphatic heterocycles. The van der Waals surface area contributed by atoms with Crippen molar-refractivity contribution in [3.63, 3.8) is 0 Å². The maximum Gasteiger partial charge on any atom is 0.178 e. The number of ketones is 1. The summed E-state index contributed by atoms with van der Waals surface area (Å²) in [6.07, 6.45) is 0. The van der Waals surface area contributed by atoms with Gasteiger partial charge in [-0.1, -0.05) is 37.3 Å². The molecule has 4 nitrogen and oxygen atoms in total. The Morgan fingerprint density at radius 2 is 1.90 bits per heavy atom. The van der Waals surface area contributed by atoms with Crippen LogP contribution in [-0.4, -0.2) is 23.9 Å². The molecule has 0 amide bonds. The number of carbonyl (C=O) groups excluding carboxylic acids is 1. The highest BCUT2D eigenvalue weighted by atomic mass is 19.1. The van der Waals surface area contributed by atoms with Crippen molar-refractivity contribution in [2.45, 2.75) is 32.2 Å². The van der Waals surface area contributed by atoms with Gasteiger partial charge in [0, 0.05) is 36.1 Å². The van der Waals surface area contributed by atoms with Crippen LogP contribution in [0.15, 0.2) is 60.7 Å². The molecule has 0 spiro atoms. The number of carbonyl (C=O) groups is 1. The number of hydrogen-bond acceptors (Lipinski definition) is 4. The fourth-order valence-corrected chi connectivity index (χ4v) is 3.80. The Kier molecular flexibility index (Phi) is 5.39. The molecule has 0 bridgehead atoms. The van der Waals surface area contributed by atoms with E-state index in [2.05, 4.69) is 36.3 Å². The zero-order valence-corrected chi connectivity index (χ0v) is 17.4. The van der Waals surface area contributed by atoms with Crippen molar-refractivity contribution in [2.24, 2.45) is 0 Å². The van der Waals surface area contributed by atoms with Crippen LogP contribution in [0, 0.1) is 5.82 Å². The largest absolute Gasteiger partial charge is 0.490 e. The minimum atomic E-state index is -0.319. The second-order valence-corrected chi connectivity index (χ2v) is 8.16. The van der Waals surface area contributed by atoms with E-state index in [4.69, 9.17) is 4.74 Å².